The number of rotatable bonds is 6. The summed E-state index contributed by atoms with van der Waals surface area (Å²) in [7, 11) is -3.37. The van der Waals surface area contributed by atoms with E-state index in [1.54, 1.807) is 0 Å². The van der Waals surface area contributed by atoms with Gasteiger partial charge in [-0.25, -0.2) is 0 Å². The highest BCUT2D eigenvalue weighted by molar-refractivity contribution is 6.90. The van der Waals surface area contributed by atoms with E-state index in [0.29, 0.717) is 16.6 Å². The van der Waals surface area contributed by atoms with Crippen LogP contribution in [0.2, 0.25) is 29.7 Å². The maximum absolute atomic E-state index is 6.72. The zero-order chi connectivity index (χ0) is 13.1. The van der Waals surface area contributed by atoms with Gasteiger partial charge in [-0.1, -0.05) is 47.2 Å². The largest absolute Gasteiger partial charge is 0.452 e. The van der Waals surface area contributed by atoms with Gasteiger partial charge in [0.15, 0.2) is 16.6 Å². The van der Waals surface area contributed by atoms with Crippen LogP contribution < -0.4 is 0 Å². The second-order valence-electron chi connectivity index (χ2n) is 6.23. The van der Waals surface area contributed by atoms with Crippen LogP contribution in [-0.4, -0.2) is 16.6 Å². The maximum atomic E-state index is 6.72. The molecule has 0 rings (SSSR count). The predicted octanol–water partition coefficient (Wildman–Crippen LogP) is 5.11. The highest BCUT2D eigenvalue weighted by Crippen LogP contribution is 2.43. The first-order valence-corrected chi connectivity index (χ1v) is 11.6. The monoisotopic (exact) mass is 258 g/mol. The van der Waals surface area contributed by atoms with Crippen LogP contribution in [0.15, 0.2) is 12.3 Å². The Bertz CT molecular complexity index is 210. The fraction of sp³-hybridized carbons (Fsp3) is 0.846. The van der Waals surface area contributed by atoms with Gasteiger partial charge in [-0.15, -0.1) is 6.58 Å². The Morgan fingerprint density at radius 2 is 1.19 bits per heavy atom. The van der Waals surface area contributed by atoms with Crippen molar-refractivity contribution in [3.05, 3.63) is 12.3 Å². The standard InChI is InChI=1S/C13H30OSi2/c1-10-15(8,9)14-16(11(2)3,12(4)5)13(6)7/h10-13H,1H2,2-9H3. The molecule has 0 aliphatic carbocycles. The van der Waals surface area contributed by atoms with Crippen LogP contribution >= 0.6 is 0 Å². The molecule has 0 heterocycles. The summed E-state index contributed by atoms with van der Waals surface area (Å²) in [4.78, 5) is 0. The summed E-state index contributed by atoms with van der Waals surface area (Å²) < 4.78 is 6.72. The Labute approximate surface area is 105 Å². The Morgan fingerprint density at radius 1 is 0.875 bits per heavy atom. The Hall–Kier alpha value is 0.134. The molecule has 0 aromatic heterocycles. The molecular formula is C13H30OSi2. The van der Waals surface area contributed by atoms with E-state index in [-0.39, 0.29) is 0 Å². The maximum Gasteiger partial charge on any atom is 0.198 e. The second kappa shape index (κ2) is 5.65. The molecule has 0 fully saturated rings. The van der Waals surface area contributed by atoms with Gasteiger partial charge in [0, 0.05) is 0 Å². The summed E-state index contributed by atoms with van der Waals surface area (Å²) in [6, 6.07) is 0. The Morgan fingerprint density at radius 3 is 1.38 bits per heavy atom. The first-order valence-electron chi connectivity index (χ1n) is 6.44. The van der Waals surface area contributed by atoms with Crippen molar-refractivity contribution in [2.45, 2.75) is 71.3 Å². The van der Waals surface area contributed by atoms with Crippen LogP contribution in [-0.2, 0) is 4.12 Å². The average molecular weight is 259 g/mol. The molecular weight excluding hydrogens is 228 g/mol. The SMILES string of the molecule is C=C[Si](C)(C)O[Si](C(C)C)(C(C)C)C(C)C. The average Bonchev–Trinajstić information content (AvgIpc) is 2.12. The van der Waals surface area contributed by atoms with E-state index >= 15 is 0 Å². The van der Waals surface area contributed by atoms with Gasteiger partial charge < -0.3 is 4.12 Å². The lowest BCUT2D eigenvalue weighted by atomic mass is 10.5. The molecule has 0 aromatic rings. The third-order valence-corrected chi connectivity index (χ3v) is 13.6. The van der Waals surface area contributed by atoms with Gasteiger partial charge in [0.05, 0.1) is 0 Å². The van der Waals surface area contributed by atoms with E-state index in [1.165, 1.54) is 0 Å². The number of hydrogen-bond donors (Lipinski definition) is 0. The molecule has 3 heteroatoms. The summed E-state index contributed by atoms with van der Waals surface area (Å²) >= 11 is 0. The van der Waals surface area contributed by atoms with Gasteiger partial charge in [-0.05, 0) is 29.7 Å². The highest BCUT2D eigenvalue weighted by atomic mass is 28.4. The quantitative estimate of drug-likeness (QED) is 0.602. The molecule has 0 radical (unpaired) electrons. The van der Waals surface area contributed by atoms with Gasteiger partial charge in [-0.3, -0.25) is 0 Å². The molecule has 0 unspecified atom stereocenters. The lowest BCUT2D eigenvalue weighted by Crippen LogP contribution is -2.54. The van der Waals surface area contributed by atoms with Crippen molar-refractivity contribution in [2.75, 3.05) is 0 Å². The van der Waals surface area contributed by atoms with E-state index in [2.05, 4.69) is 66.9 Å². The van der Waals surface area contributed by atoms with E-state index in [1.807, 2.05) is 0 Å². The smallest absolute Gasteiger partial charge is 0.198 e. The third kappa shape index (κ3) is 3.31. The summed E-state index contributed by atoms with van der Waals surface area (Å²) in [6.45, 7) is 22.5. The number of hydrogen-bond acceptors (Lipinski definition) is 1. The fourth-order valence-electron chi connectivity index (χ4n) is 2.85. The van der Waals surface area contributed by atoms with E-state index in [4.69, 9.17) is 4.12 Å². The lowest BCUT2D eigenvalue weighted by molar-refractivity contribution is 0.482. The zero-order valence-corrected chi connectivity index (χ0v) is 14.4. The topological polar surface area (TPSA) is 9.23 Å². The minimum Gasteiger partial charge on any atom is -0.452 e. The van der Waals surface area contributed by atoms with Gasteiger partial charge >= 0.3 is 0 Å². The van der Waals surface area contributed by atoms with Crippen molar-refractivity contribution in [1.29, 1.82) is 0 Å². The molecule has 0 aliphatic rings. The van der Waals surface area contributed by atoms with Crippen LogP contribution in [0.25, 0.3) is 0 Å². The van der Waals surface area contributed by atoms with Gasteiger partial charge in [0.1, 0.15) is 0 Å². The van der Waals surface area contributed by atoms with Crippen LogP contribution in [0.1, 0.15) is 41.5 Å². The fourth-order valence-corrected chi connectivity index (χ4v) is 13.7. The molecule has 0 aliphatic heterocycles. The molecule has 0 saturated heterocycles. The molecule has 0 saturated carbocycles. The molecule has 96 valence electrons. The van der Waals surface area contributed by atoms with Crippen LogP contribution in [0, 0.1) is 0 Å². The molecule has 0 atom stereocenters. The van der Waals surface area contributed by atoms with Crippen molar-refractivity contribution < 1.29 is 4.12 Å². The van der Waals surface area contributed by atoms with Crippen molar-refractivity contribution in [3.63, 3.8) is 0 Å². The van der Waals surface area contributed by atoms with E-state index < -0.39 is 16.6 Å². The Balaban J connectivity index is 5.29. The van der Waals surface area contributed by atoms with Crippen LogP contribution in [0.3, 0.4) is 0 Å². The molecule has 1 nitrogen and oxygen atoms in total. The summed E-state index contributed by atoms with van der Waals surface area (Å²) in [6.07, 6.45) is 0. The molecule has 0 aromatic carbocycles. The molecule has 16 heavy (non-hydrogen) atoms. The van der Waals surface area contributed by atoms with E-state index in [0.717, 1.165) is 0 Å². The second-order valence-corrected chi connectivity index (χ2v) is 15.8. The first kappa shape index (κ1) is 16.1. The van der Waals surface area contributed by atoms with Crippen molar-refractivity contribution in [3.8, 4) is 0 Å². The van der Waals surface area contributed by atoms with E-state index in [9.17, 15) is 0 Å². The highest BCUT2D eigenvalue weighted by Gasteiger charge is 2.47. The molecule has 0 spiro atoms. The zero-order valence-electron chi connectivity index (χ0n) is 12.4. The Kier molecular flexibility index (Phi) is 5.70. The van der Waals surface area contributed by atoms with Crippen LogP contribution in [0.5, 0.6) is 0 Å². The van der Waals surface area contributed by atoms with Crippen molar-refractivity contribution in [2.24, 2.45) is 0 Å². The summed E-state index contributed by atoms with van der Waals surface area (Å²) in [5.41, 5.74) is 4.07. The van der Waals surface area contributed by atoms with Gasteiger partial charge in [0.2, 0.25) is 0 Å². The first-order chi connectivity index (χ1) is 7.10. The minimum atomic E-state index is -1.69. The molecule has 0 amide bonds. The van der Waals surface area contributed by atoms with Gasteiger partial charge in [-0.2, -0.15) is 0 Å². The summed E-state index contributed by atoms with van der Waals surface area (Å²) in [5, 5.41) is 0. The minimum absolute atomic E-state index is 0.666. The van der Waals surface area contributed by atoms with Crippen LogP contribution in [0.4, 0.5) is 0 Å². The normalized spacial score (nSPS) is 13.9. The third-order valence-electron chi connectivity index (χ3n) is 3.64. The predicted molar refractivity (Wildman–Crippen MR) is 79.8 cm³/mol. The van der Waals surface area contributed by atoms with Gasteiger partial charge in [0.25, 0.3) is 0 Å². The molecule has 0 bridgehead atoms. The summed E-state index contributed by atoms with van der Waals surface area (Å²) in [5.74, 6) is 0. The lowest BCUT2D eigenvalue weighted by Gasteiger charge is -2.46. The van der Waals surface area contributed by atoms with Crippen molar-refractivity contribution in [1.82, 2.24) is 0 Å². The van der Waals surface area contributed by atoms with Crippen molar-refractivity contribution >= 4 is 16.6 Å². The molecule has 0 N–H and O–H groups in total.